The minimum atomic E-state index is 0.385. The van der Waals surface area contributed by atoms with E-state index in [1.165, 1.54) is 11.1 Å². The monoisotopic (exact) mass is 226 g/mol. The highest BCUT2D eigenvalue weighted by molar-refractivity contribution is 6.18. The molecule has 84 valence electrons. The second-order valence-electron chi connectivity index (χ2n) is 3.49. The van der Waals surface area contributed by atoms with Gasteiger partial charge in [0.05, 0.1) is 6.61 Å². The van der Waals surface area contributed by atoms with Gasteiger partial charge in [0.25, 0.3) is 0 Å². The Labute approximate surface area is 98.2 Å². The normalized spacial score (nSPS) is 12.7. The van der Waals surface area contributed by atoms with Crippen LogP contribution < -0.4 is 0 Å². The van der Waals surface area contributed by atoms with Crippen molar-refractivity contribution >= 4 is 11.6 Å². The molecule has 0 rings (SSSR count). The van der Waals surface area contributed by atoms with Crippen molar-refractivity contribution in [3.05, 3.63) is 23.3 Å². The van der Waals surface area contributed by atoms with Gasteiger partial charge in [-0.1, -0.05) is 29.2 Å². The summed E-state index contributed by atoms with van der Waals surface area (Å²) in [5, 5.41) is 0. The van der Waals surface area contributed by atoms with Gasteiger partial charge in [-0.05, 0) is 26.7 Å². The van der Waals surface area contributed by atoms with Crippen LogP contribution in [0.15, 0.2) is 23.3 Å². The minimum Gasteiger partial charge on any atom is -0.364 e. The maximum absolute atomic E-state index is 5.59. The van der Waals surface area contributed by atoms with Gasteiger partial charge in [-0.2, -0.15) is 0 Å². The molecule has 0 aliphatic heterocycles. The van der Waals surface area contributed by atoms with Gasteiger partial charge in [0, 0.05) is 5.88 Å². The van der Waals surface area contributed by atoms with E-state index in [0.717, 1.165) is 12.8 Å². The Balaban J connectivity index is 3.67. The third-order valence-corrected chi connectivity index (χ3v) is 2.13. The molecule has 1 nitrogen and oxygen atoms in total. The van der Waals surface area contributed by atoms with E-state index in [1.807, 2.05) is 6.08 Å². The molecule has 0 saturated heterocycles. The van der Waals surface area contributed by atoms with Crippen molar-refractivity contribution in [1.29, 1.82) is 0 Å². The zero-order chi connectivity index (χ0) is 11.5. The SMILES string of the molecule is C#CCOC/C(C)=C/CC/C(C)=C/CCl. The van der Waals surface area contributed by atoms with Crippen LogP contribution in [0.5, 0.6) is 0 Å². The second-order valence-corrected chi connectivity index (χ2v) is 3.80. The maximum Gasteiger partial charge on any atom is 0.107 e. The van der Waals surface area contributed by atoms with Gasteiger partial charge in [-0.3, -0.25) is 0 Å². The van der Waals surface area contributed by atoms with Crippen molar-refractivity contribution in [3.63, 3.8) is 0 Å². The highest BCUT2D eigenvalue weighted by Gasteiger charge is 1.91. The molecule has 0 bridgehead atoms. The fourth-order valence-electron chi connectivity index (χ4n) is 1.11. The fourth-order valence-corrected chi connectivity index (χ4v) is 1.37. The van der Waals surface area contributed by atoms with Crippen molar-refractivity contribution < 1.29 is 4.74 Å². The molecule has 0 aromatic rings. The van der Waals surface area contributed by atoms with E-state index in [4.69, 9.17) is 22.8 Å². The zero-order valence-electron chi connectivity index (χ0n) is 9.55. The number of hydrogen-bond donors (Lipinski definition) is 0. The van der Waals surface area contributed by atoms with Crippen molar-refractivity contribution in [3.8, 4) is 12.3 Å². The van der Waals surface area contributed by atoms with Crippen LogP contribution in [-0.2, 0) is 4.74 Å². The van der Waals surface area contributed by atoms with Crippen LogP contribution >= 0.6 is 11.6 Å². The highest BCUT2D eigenvalue weighted by Crippen LogP contribution is 2.07. The Bertz CT molecular complexity index is 258. The molecule has 0 spiro atoms. The average Bonchev–Trinajstić information content (AvgIpc) is 2.18. The number of rotatable bonds is 7. The molecule has 0 aliphatic carbocycles. The van der Waals surface area contributed by atoms with Crippen molar-refractivity contribution in [2.75, 3.05) is 19.1 Å². The van der Waals surface area contributed by atoms with Crippen LogP contribution in [0, 0.1) is 12.3 Å². The first kappa shape index (κ1) is 14.3. The fraction of sp³-hybridized carbons (Fsp3) is 0.538. The summed E-state index contributed by atoms with van der Waals surface area (Å²) in [6, 6.07) is 0. The van der Waals surface area contributed by atoms with Crippen LogP contribution in [0.4, 0.5) is 0 Å². The summed E-state index contributed by atoms with van der Waals surface area (Å²) >= 11 is 5.59. The molecule has 0 unspecified atom stereocenters. The van der Waals surface area contributed by atoms with Gasteiger partial charge in [-0.15, -0.1) is 18.0 Å². The van der Waals surface area contributed by atoms with Crippen molar-refractivity contribution in [2.45, 2.75) is 26.7 Å². The molecule has 0 N–H and O–H groups in total. The lowest BCUT2D eigenvalue weighted by Crippen LogP contribution is -1.95. The summed E-state index contributed by atoms with van der Waals surface area (Å²) in [4.78, 5) is 0. The molecule has 0 aromatic carbocycles. The van der Waals surface area contributed by atoms with Crippen LogP contribution in [0.1, 0.15) is 26.7 Å². The summed E-state index contributed by atoms with van der Waals surface area (Å²) in [7, 11) is 0. The summed E-state index contributed by atoms with van der Waals surface area (Å²) < 4.78 is 5.21. The van der Waals surface area contributed by atoms with Gasteiger partial charge in [0.2, 0.25) is 0 Å². The Hall–Kier alpha value is -0.710. The molecule has 0 fully saturated rings. The van der Waals surface area contributed by atoms with Crippen LogP contribution in [-0.4, -0.2) is 19.1 Å². The van der Waals surface area contributed by atoms with Crippen LogP contribution in [0.2, 0.25) is 0 Å². The van der Waals surface area contributed by atoms with Crippen LogP contribution in [0.25, 0.3) is 0 Å². The lowest BCUT2D eigenvalue weighted by Gasteiger charge is -2.01. The van der Waals surface area contributed by atoms with E-state index >= 15 is 0 Å². The topological polar surface area (TPSA) is 9.23 Å². The number of hydrogen-bond acceptors (Lipinski definition) is 1. The van der Waals surface area contributed by atoms with E-state index in [0.29, 0.717) is 19.1 Å². The van der Waals surface area contributed by atoms with E-state index in [1.54, 1.807) is 0 Å². The van der Waals surface area contributed by atoms with Gasteiger partial charge in [-0.25, -0.2) is 0 Å². The molecule has 0 amide bonds. The van der Waals surface area contributed by atoms with Crippen molar-refractivity contribution in [2.24, 2.45) is 0 Å². The maximum atomic E-state index is 5.59. The first-order valence-corrected chi connectivity index (χ1v) is 5.62. The molecule has 0 saturated carbocycles. The van der Waals surface area contributed by atoms with Gasteiger partial charge >= 0.3 is 0 Å². The smallest absolute Gasteiger partial charge is 0.107 e. The number of alkyl halides is 1. The largest absolute Gasteiger partial charge is 0.364 e. The Morgan fingerprint density at radius 1 is 1.33 bits per heavy atom. The molecular formula is C13H19ClO. The van der Waals surface area contributed by atoms with E-state index < -0.39 is 0 Å². The third-order valence-electron chi connectivity index (χ3n) is 1.97. The Morgan fingerprint density at radius 2 is 2.07 bits per heavy atom. The molecule has 0 heterocycles. The van der Waals surface area contributed by atoms with Crippen LogP contribution in [0.3, 0.4) is 0 Å². The first-order valence-electron chi connectivity index (χ1n) is 5.09. The lowest BCUT2D eigenvalue weighted by molar-refractivity contribution is 0.192. The van der Waals surface area contributed by atoms with Gasteiger partial charge < -0.3 is 4.74 Å². The average molecular weight is 227 g/mol. The summed E-state index contributed by atoms with van der Waals surface area (Å²) in [5.41, 5.74) is 2.56. The predicted molar refractivity (Wildman–Crippen MR) is 67.1 cm³/mol. The number of terminal acetylenes is 1. The van der Waals surface area contributed by atoms with Gasteiger partial charge in [0.15, 0.2) is 0 Å². The van der Waals surface area contributed by atoms with E-state index in [-0.39, 0.29) is 0 Å². The zero-order valence-corrected chi connectivity index (χ0v) is 10.3. The highest BCUT2D eigenvalue weighted by atomic mass is 35.5. The lowest BCUT2D eigenvalue weighted by atomic mass is 10.1. The number of allylic oxidation sites excluding steroid dienone is 3. The van der Waals surface area contributed by atoms with Crippen molar-refractivity contribution in [1.82, 2.24) is 0 Å². The summed E-state index contributed by atoms with van der Waals surface area (Å²) in [6.07, 6.45) is 11.4. The number of halogens is 1. The first-order chi connectivity index (χ1) is 7.20. The second kappa shape index (κ2) is 9.83. The molecule has 15 heavy (non-hydrogen) atoms. The van der Waals surface area contributed by atoms with E-state index in [2.05, 4.69) is 25.8 Å². The predicted octanol–water partition coefficient (Wildman–Crippen LogP) is 3.55. The van der Waals surface area contributed by atoms with Gasteiger partial charge in [0.1, 0.15) is 6.61 Å². The summed E-state index contributed by atoms with van der Waals surface area (Å²) in [5.74, 6) is 3.04. The molecule has 0 radical (unpaired) electrons. The molecule has 2 heteroatoms. The quantitative estimate of drug-likeness (QED) is 0.279. The Kier molecular flexibility index (Phi) is 9.36. The molecule has 0 aliphatic rings. The molecular weight excluding hydrogens is 208 g/mol. The minimum absolute atomic E-state index is 0.385. The molecule has 0 atom stereocenters. The molecule has 0 aromatic heterocycles. The Morgan fingerprint density at radius 3 is 2.67 bits per heavy atom. The van der Waals surface area contributed by atoms with E-state index in [9.17, 15) is 0 Å². The number of ether oxygens (including phenoxy) is 1. The third kappa shape index (κ3) is 9.59. The standard InChI is InChI=1S/C13H19ClO/c1-4-10-15-11-13(3)7-5-6-12(2)8-9-14/h1,7-8H,5-6,9-11H2,2-3H3/b12-8+,13-7+. The summed E-state index contributed by atoms with van der Waals surface area (Å²) in [6.45, 7) is 5.16.